The number of carbonyl (C=O) groups is 1. The van der Waals surface area contributed by atoms with E-state index < -0.39 is 0 Å². The minimum absolute atomic E-state index is 0.0820. The summed E-state index contributed by atoms with van der Waals surface area (Å²) in [6, 6.07) is 10.2. The van der Waals surface area contributed by atoms with Gasteiger partial charge in [-0.05, 0) is 36.6 Å². The molecule has 0 unspecified atom stereocenters. The highest BCUT2D eigenvalue weighted by molar-refractivity contribution is 5.79. The third-order valence-corrected chi connectivity index (χ3v) is 5.06. The van der Waals surface area contributed by atoms with Crippen molar-refractivity contribution in [2.45, 2.75) is 25.2 Å². The normalized spacial score (nSPS) is 16.8. The van der Waals surface area contributed by atoms with Gasteiger partial charge in [0.2, 0.25) is 5.91 Å². The van der Waals surface area contributed by atoms with Crippen LogP contribution in [-0.2, 0) is 11.2 Å². The molecule has 0 radical (unpaired) electrons. The van der Waals surface area contributed by atoms with Gasteiger partial charge in [0, 0.05) is 49.4 Å². The highest BCUT2D eigenvalue weighted by Gasteiger charge is 2.28. The van der Waals surface area contributed by atoms with Gasteiger partial charge in [-0.15, -0.1) is 0 Å². The van der Waals surface area contributed by atoms with Crippen LogP contribution in [-0.4, -0.2) is 38.8 Å². The number of piperidine rings is 1. The number of halogens is 1. The van der Waals surface area contributed by atoms with Crippen LogP contribution in [0.3, 0.4) is 0 Å². The Bertz CT molecular complexity index is 964. The number of nitrogens with zero attached hydrogens (tertiary/aromatic N) is 4. The Morgan fingerprint density at radius 3 is 2.86 bits per heavy atom. The molecule has 2 aromatic heterocycles. The molecular weight excluding hydrogens is 355 g/mol. The first-order valence-electron chi connectivity index (χ1n) is 9.44. The van der Waals surface area contributed by atoms with E-state index in [0.29, 0.717) is 24.2 Å². The third kappa shape index (κ3) is 4.06. The maximum Gasteiger partial charge on any atom is 0.227 e. The Kier molecular flexibility index (Phi) is 5.37. The van der Waals surface area contributed by atoms with Crippen LogP contribution < -0.4 is 0 Å². The fourth-order valence-electron chi connectivity index (χ4n) is 3.72. The van der Waals surface area contributed by atoms with Crippen molar-refractivity contribution >= 4 is 5.91 Å². The average molecular weight is 376 g/mol. The van der Waals surface area contributed by atoms with E-state index >= 15 is 0 Å². The van der Waals surface area contributed by atoms with Crippen LogP contribution in [0.15, 0.2) is 61.2 Å². The molecule has 1 aliphatic heterocycles. The molecule has 1 aliphatic rings. The van der Waals surface area contributed by atoms with Crippen molar-refractivity contribution in [3.63, 3.8) is 0 Å². The van der Waals surface area contributed by atoms with Gasteiger partial charge in [0.05, 0.1) is 17.8 Å². The lowest BCUT2D eigenvalue weighted by atomic mass is 9.91. The summed E-state index contributed by atoms with van der Waals surface area (Å²) in [6.07, 6.45) is 8.89. The van der Waals surface area contributed by atoms with E-state index in [9.17, 15) is 9.18 Å². The minimum Gasteiger partial charge on any atom is -0.342 e. The van der Waals surface area contributed by atoms with E-state index in [4.69, 9.17) is 0 Å². The Balaban J connectivity index is 1.55. The van der Waals surface area contributed by atoms with E-state index in [0.717, 1.165) is 30.6 Å². The highest BCUT2D eigenvalue weighted by Crippen LogP contribution is 2.32. The SMILES string of the molecule is O=C(Cc1cccnc1)N1CCC[C@H](c2nccnc2-c2cccc(F)c2)C1. The van der Waals surface area contributed by atoms with Crippen LogP contribution in [0.1, 0.15) is 30.0 Å². The first-order chi connectivity index (χ1) is 13.7. The van der Waals surface area contributed by atoms with Gasteiger partial charge in [0.1, 0.15) is 5.82 Å². The molecule has 1 amide bonds. The molecule has 3 aromatic rings. The van der Waals surface area contributed by atoms with Crippen molar-refractivity contribution in [3.8, 4) is 11.3 Å². The van der Waals surface area contributed by atoms with Gasteiger partial charge in [-0.2, -0.15) is 0 Å². The minimum atomic E-state index is -0.300. The van der Waals surface area contributed by atoms with Crippen LogP contribution in [0.4, 0.5) is 4.39 Å². The fourth-order valence-corrected chi connectivity index (χ4v) is 3.72. The molecule has 5 nitrogen and oxygen atoms in total. The zero-order valence-electron chi connectivity index (χ0n) is 15.5. The largest absolute Gasteiger partial charge is 0.342 e. The molecule has 1 saturated heterocycles. The Hall–Kier alpha value is -3.15. The first kappa shape index (κ1) is 18.2. The number of rotatable bonds is 4. The van der Waals surface area contributed by atoms with Crippen molar-refractivity contribution < 1.29 is 9.18 Å². The standard InChI is InChI=1S/C22H21FN4O/c23-19-7-1-5-17(13-19)21-22(26-10-9-25-21)18-6-3-11-27(15-18)20(28)12-16-4-2-8-24-14-16/h1-2,4-5,7-10,13-14,18H,3,6,11-12,15H2/t18-/m0/s1. The quantitative estimate of drug-likeness (QED) is 0.698. The number of pyridine rings is 1. The topological polar surface area (TPSA) is 59.0 Å². The molecule has 1 fully saturated rings. The highest BCUT2D eigenvalue weighted by atomic mass is 19.1. The molecule has 3 heterocycles. The van der Waals surface area contributed by atoms with Gasteiger partial charge in [0.25, 0.3) is 0 Å². The van der Waals surface area contributed by atoms with E-state index in [1.807, 2.05) is 23.1 Å². The van der Waals surface area contributed by atoms with Crippen LogP contribution in [0.2, 0.25) is 0 Å². The maximum absolute atomic E-state index is 13.7. The molecule has 0 spiro atoms. The molecule has 28 heavy (non-hydrogen) atoms. The molecule has 4 rings (SSSR count). The van der Waals surface area contributed by atoms with Crippen LogP contribution in [0.25, 0.3) is 11.3 Å². The van der Waals surface area contributed by atoms with E-state index in [-0.39, 0.29) is 17.6 Å². The summed E-state index contributed by atoms with van der Waals surface area (Å²) in [5.41, 5.74) is 3.14. The second-order valence-electron chi connectivity index (χ2n) is 7.02. The summed E-state index contributed by atoms with van der Waals surface area (Å²) in [6.45, 7) is 1.34. The molecule has 142 valence electrons. The second kappa shape index (κ2) is 8.25. The molecule has 0 aliphatic carbocycles. The van der Waals surface area contributed by atoms with Crippen molar-refractivity contribution in [2.24, 2.45) is 0 Å². The fraction of sp³-hybridized carbons (Fsp3) is 0.273. The van der Waals surface area contributed by atoms with Gasteiger partial charge >= 0.3 is 0 Å². The second-order valence-corrected chi connectivity index (χ2v) is 7.02. The summed E-state index contributed by atoms with van der Waals surface area (Å²) in [4.78, 5) is 27.7. The number of aromatic nitrogens is 3. The molecule has 0 bridgehead atoms. The van der Waals surface area contributed by atoms with Crippen molar-refractivity contribution in [3.05, 3.63) is 78.3 Å². The molecule has 0 N–H and O–H groups in total. The van der Waals surface area contributed by atoms with Gasteiger partial charge in [-0.25, -0.2) is 4.39 Å². The number of amides is 1. The van der Waals surface area contributed by atoms with Gasteiger partial charge < -0.3 is 4.90 Å². The van der Waals surface area contributed by atoms with Gasteiger partial charge in [0.15, 0.2) is 0 Å². The third-order valence-electron chi connectivity index (χ3n) is 5.06. The summed E-state index contributed by atoms with van der Waals surface area (Å²) in [5.74, 6) is -0.126. The van der Waals surface area contributed by atoms with E-state index in [2.05, 4.69) is 15.0 Å². The summed E-state index contributed by atoms with van der Waals surface area (Å²) < 4.78 is 13.7. The molecule has 6 heteroatoms. The average Bonchev–Trinajstić information content (AvgIpc) is 2.74. The van der Waals surface area contributed by atoms with Crippen LogP contribution >= 0.6 is 0 Å². The number of hydrogen-bond donors (Lipinski definition) is 0. The lowest BCUT2D eigenvalue weighted by Gasteiger charge is -2.33. The number of likely N-dealkylation sites (tertiary alicyclic amines) is 1. The zero-order valence-corrected chi connectivity index (χ0v) is 15.5. The lowest BCUT2D eigenvalue weighted by Crippen LogP contribution is -2.40. The van der Waals surface area contributed by atoms with Gasteiger partial charge in [-0.3, -0.25) is 19.7 Å². The number of carbonyl (C=O) groups excluding carboxylic acids is 1. The number of benzene rings is 1. The predicted molar refractivity (Wildman–Crippen MR) is 104 cm³/mol. The Morgan fingerprint density at radius 2 is 2.04 bits per heavy atom. The van der Waals surface area contributed by atoms with Crippen molar-refractivity contribution in [2.75, 3.05) is 13.1 Å². The van der Waals surface area contributed by atoms with Crippen LogP contribution in [0.5, 0.6) is 0 Å². The Labute approximate surface area is 163 Å². The van der Waals surface area contributed by atoms with E-state index in [1.54, 1.807) is 30.9 Å². The van der Waals surface area contributed by atoms with Gasteiger partial charge in [-0.1, -0.05) is 18.2 Å². The Morgan fingerprint density at radius 1 is 1.14 bits per heavy atom. The number of hydrogen-bond acceptors (Lipinski definition) is 4. The predicted octanol–water partition coefficient (Wildman–Crippen LogP) is 3.63. The zero-order chi connectivity index (χ0) is 19.3. The van der Waals surface area contributed by atoms with Crippen molar-refractivity contribution in [1.82, 2.24) is 19.9 Å². The summed E-state index contributed by atoms with van der Waals surface area (Å²) in [5, 5.41) is 0. The monoisotopic (exact) mass is 376 g/mol. The summed E-state index contributed by atoms with van der Waals surface area (Å²) in [7, 11) is 0. The molecule has 0 saturated carbocycles. The van der Waals surface area contributed by atoms with E-state index in [1.165, 1.54) is 12.1 Å². The molecule has 1 aromatic carbocycles. The van der Waals surface area contributed by atoms with Crippen molar-refractivity contribution in [1.29, 1.82) is 0 Å². The smallest absolute Gasteiger partial charge is 0.227 e. The summed E-state index contributed by atoms with van der Waals surface area (Å²) >= 11 is 0. The van der Waals surface area contributed by atoms with Crippen LogP contribution in [0, 0.1) is 5.82 Å². The maximum atomic E-state index is 13.7. The lowest BCUT2D eigenvalue weighted by molar-refractivity contribution is -0.131. The first-order valence-corrected chi connectivity index (χ1v) is 9.44. The molecular formula is C22H21FN4O. The molecule has 1 atom stereocenters.